The van der Waals surface area contributed by atoms with Gasteiger partial charge in [0.1, 0.15) is 5.75 Å². The van der Waals surface area contributed by atoms with Crippen molar-refractivity contribution in [2.24, 2.45) is 0 Å². The highest BCUT2D eigenvalue weighted by atomic mass is 79.9. The third-order valence-electron chi connectivity index (χ3n) is 1.79. The Labute approximate surface area is 100 Å². The van der Waals surface area contributed by atoms with Crippen molar-refractivity contribution in [1.29, 1.82) is 0 Å². The van der Waals surface area contributed by atoms with Crippen LogP contribution in [0.4, 0.5) is 0 Å². The monoisotopic (exact) mass is 278 g/mol. The Bertz CT molecular complexity index is 502. The maximum Gasteiger partial charge on any atom is 0.345 e. The summed E-state index contributed by atoms with van der Waals surface area (Å²) in [5.41, 5.74) is 0.387. The van der Waals surface area contributed by atoms with E-state index in [9.17, 15) is 4.79 Å². The summed E-state index contributed by atoms with van der Waals surface area (Å²) in [6, 6.07) is 5.00. The Morgan fingerprint density at radius 1 is 1.25 bits per heavy atom. The zero-order chi connectivity index (χ0) is 11.4. The second-order valence-corrected chi connectivity index (χ2v) is 3.89. The lowest BCUT2D eigenvalue weighted by Gasteiger charge is -2.02. The van der Waals surface area contributed by atoms with Gasteiger partial charge >= 0.3 is 5.97 Å². The van der Waals surface area contributed by atoms with E-state index in [4.69, 9.17) is 4.74 Å². The molecule has 0 bridgehead atoms. The van der Waals surface area contributed by atoms with Gasteiger partial charge in [0, 0.05) is 23.1 Å². The number of carbonyl (C=O) groups excluding carboxylic acids is 1. The van der Waals surface area contributed by atoms with E-state index in [-0.39, 0.29) is 0 Å². The van der Waals surface area contributed by atoms with Gasteiger partial charge in [-0.2, -0.15) is 0 Å². The lowest BCUT2D eigenvalue weighted by atomic mass is 10.3. The maximum atomic E-state index is 11.7. The summed E-state index contributed by atoms with van der Waals surface area (Å²) in [7, 11) is 0. The molecule has 16 heavy (non-hydrogen) atoms. The van der Waals surface area contributed by atoms with Gasteiger partial charge in [0.15, 0.2) is 0 Å². The molecule has 0 amide bonds. The quantitative estimate of drug-likeness (QED) is 0.792. The number of rotatable bonds is 2. The normalized spacial score (nSPS) is 9.81. The van der Waals surface area contributed by atoms with Crippen molar-refractivity contribution in [3.63, 3.8) is 0 Å². The molecular weight excluding hydrogens is 272 g/mol. The number of nitrogens with zero attached hydrogens (tertiary/aromatic N) is 2. The van der Waals surface area contributed by atoms with E-state index in [0.29, 0.717) is 11.3 Å². The topological polar surface area (TPSA) is 52.1 Å². The number of carbonyl (C=O) groups is 1. The van der Waals surface area contributed by atoms with Crippen LogP contribution in [0.5, 0.6) is 5.75 Å². The Morgan fingerprint density at radius 2 is 2.12 bits per heavy atom. The van der Waals surface area contributed by atoms with Crippen LogP contribution >= 0.6 is 15.9 Å². The first-order valence-corrected chi connectivity index (χ1v) is 5.28. The summed E-state index contributed by atoms with van der Waals surface area (Å²) in [5.74, 6) is -0.0470. The van der Waals surface area contributed by atoms with E-state index in [0.717, 1.165) is 4.47 Å². The van der Waals surface area contributed by atoms with Crippen molar-refractivity contribution in [3.05, 3.63) is 53.0 Å². The van der Waals surface area contributed by atoms with Gasteiger partial charge < -0.3 is 4.74 Å². The fourth-order valence-corrected chi connectivity index (χ4v) is 1.46. The summed E-state index contributed by atoms with van der Waals surface area (Å²) in [6.07, 6.45) is 6.13. The van der Waals surface area contributed by atoms with Gasteiger partial charge in [0.2, 0.25) is 0 Å². The van der Waals surface area contributed by atoms with E-state index in [1.54, 1.807) is 30.6 Å². The van der Waals surface area contributed by atoms with Crippen molar-refractivity contribution in [2.75, 3.05) is 0 Å². The highest BCUT2D eigenvalue weighted by Gasteiger charge is 2.09. The molecule has 2 aromatic rings. The minimum atomic E-state index is -0.457. The molecule has 0 saturated heterocycles. The van der Waals surface area contributed by atoms with Gasteiger partial charge in [-0.25, -0.2) is 4.79 Å². The summed E-state index contributed by atoms with van der Waals surface area (Å²) in [6.45, 7) is 0. The molecule has 2 rings (SSSR count). The first-order valence-electron chi connectivity index (χ1n) is 4.48. The number of esters is 1. The number of hydrogen-bond donors (Lipinski definition) is 0. The van der Waals surface area contributed by atoms with Crippen LogP contribution in [-0.4, -0.2) is 15.9 Å². The van der Waals surface area contributed by atoms with Gasteiger partial charge in [-0.1, -0.05) is 0 Å². The van der Waals surface area contributed by atoms with E-state index in [1.807, 2.05) is 0 Å². The van der Waals surface area contributed by atoms with Gasteiger partial charge in [-0.3, -0.25) is 9.97 Å². The molecule has 0 radical (unpaired) electrons. The van der Waals surface area contributed by atoms with E-state index in [2.05, 4.69) is 25.9 Å². The van der Waals surface area contributed by atoms with Gasteiger partial charge in [-0.15, -0.1) is 0 Å². The molecule has 0 fully saturated rings. The largest absolute Gasteiger partial charge is 0.421 e. The average Bonchev–Trinajstić information content (AvgIpc) is 2.30. The highest BCUT2D eigenvalue weighted by Crippen LogP contribution is 2.13. The molecule has 0 aliphatic heterocycles. The smallest absolute Gasteiger partial charge is 0.345 e. The molecule has 0 N–H and O–H groups in total. The fourth-order valence-electron chi connectivity index (χ4n) is 1.10. The maximum absolute atomic E-state index is 11.7. The zero-order valence-electron chi connectivity index (χ0n) is 8.13. The molecule has 0 saturated carbocycles. The van der Waals surface area contributed by atoms with E-state index >= 15 is 0 Å². The van der Waals surface area contributed by atoms with Crippen molar-refractivity contribution >= 4 is 21.9 Å². The predicted octanol–water partition coefficient (Wildman–Crippen LogP) is 2.46. The first-order chi connectivity index (χ1) is 7.75. The molecule has 0 atom stereocenters. The number of ether oxygens (including phenoxy) is 1. The van der Waals surface area contributed by atoms with Crippen molar-refractivity contribution in [2.45, 2.75) is 0 Å². The predicted molar refractivity (Wildman–Crippen MR) is 61.1 cm³/mol. The number of pyridine rings is 2. The summed E-state index contributed by atoms with van der Waals surface area (Å²) in [4.78, 5) is 19.4. The van der Waals surface area contributed by atoms with Crippen LogP contribution in [0.3, 0.4) is 0 Å². The van der Waals surface area contributed by atoms with E-state index in [1.165, 1.54) is 12.4 Å². The first kappa shape index (κ1) is 10.8. The van der Waals surface area contributed by atoms with Crippen LogP contribution in [0.2, 0.25) is 0 Å². The van der Waals surface area contributed by atoms with Crippen LogP contribution in [-0.2, 0) is 0 Å². The summed E-state index contributed by atoms with van der Waals surface area (Å²) in [5, 5.41) is 0. The SMILES string of the molecule is O=C(Oc1cccnc1)c1cncc(Br)c1. The molecule has 5 heteroatoms. The molecule has 4 nitrogen and oxygen atoms in total. The molecule has 0 spiro atoms. The van der Waals surface area contributed by atoms with Gasteiger partial charge in [0.25, 0.3) is 0 Å². The Morgan fingerprint density at radius 3 is 2.81 bits per heavy atom. The van der Waals surface area contributed by atoms with Crippen molar-refractivity contribution < 1.29 is 9.53 Å². The molecule has 0 aliphatic rings. The van der Waals surface area contributed by atoms with Crippen molar-refractivity contribution in [1.82, 2.24) is 9.97 Å². The summed E-state index contributed by atoms with van der Waals surface area (Å²) < 4.78 is 5.82. The molecule has 0 aliphatic carbocycles. The molecule has 0 unspecified atom stereocenters. The molecule has 0 aromatic carbocycles. The van der Waals surface area contributed by atoms with Crippen LogP contribution in [0.15, 0.2) is 47.5 Å². The Hall–Kier alpha value is -1.75. The Balaban J connectivity index is 2.15. The van der Waals surface area contributed by atoms with Crippen molar-refractivity contribution in [3.8, 4) is 5.75 Å². The minimum absolute atomic E-state index is 0.387. The zero-order valence-corrected chi connectivity index (χ0v) is 9.72. The van der Waals surface area contributed by atoms with E-state index < -0.39 is 5.97 Å². The van der Waals surface area contributed by atoms with Crippen LogP contribution in [0.25, 0.3) is 0 Å². The Kier molecular flexibility index (Phi) is 3.26. The second-order valence-electron chi connectivity index (χ2n) is 2.97. The van der Waals surface area contributed by atoms with Crippen LogP contribution < -0.4 is 4.74 Å². The van der Waals surface area contributed by atoms with Gasteiger partial charge in [0.05, 0.1) is 11.8 Å². The highest BCUT2D eigenvalue weighted by molar-refractivity contribution is 9.10. The second kappa shape index (κ2) is 4.85. The fraction of sp³-hybridized carbons (Fsp3) is 0. The standard InChI is InChI=1S/C11H7BrN2O2/c12-9-4-8(5-14-6-9)11(15)16-10-2-1-3-13-7-10/h1-7H. The third-order valence-corrected chi connectivity index (χ3v) is 2.22. The minimum Gasteiger partial charge on any atom is -0.421 e. The number of hydrogen-bond acceptors (Lipinski definition) is 4. The number of aromatic nitrogens is 2. The van der Waals surface area contributed by atoms with Crippen LogP contribution in [0.1, 0.15) is 10.4 Å². The molecule has 2 heterocycles. The lowest BCUT2D eigenvalue weighted by Crippen LogP contribution is -2.08. The molecular formula is C11H7BrN2O2. The molecule has 2 aromatic heterocycles. The van der Waals surface area contributed by atoms with Crippen LogP contribution in [0, 0.1) is 0 Å². The average molecular weight is 279 g/mol. The summed E-state index contributed by atoms with van der Waals surface area (Å²) >= 11 is 3.23. The molecule has 80 valence electrons. The van der Waals surface area contributed by atoms with Gasteiger partial charge in [-0.05, 0) is 34.1 Å². The lowest BCUT2D eigenvalue weighted by molar-refractivity contribution is 0.0733. The number of halogens is 1. The third kappa shape index (κ3) is 2.64.